The second-order valence-electron chi connectivity index (χ2n) is 7.02. The molecule has 2 aromatic heterocycles. The van der Waals surface area contributed by atoms with Crippen molar-refractivity contribution in [3.05, 3.63) is 78.5 Å². The number of nitrogens with one attached hydrogen (secondary N) is 2. The van der Waals surface area contributed by atoms with Crippen molar-refractivity contribution < 1.29 is 13.9 Å². The van der Waals surface area contributed by atoms with Crippen molar-refractivity contribution in [3.63, 3.8) is 0 Å². The number of carbonyl (C=O) groups is 1. The van der Waals surface area contributed by atoms with E-state index in [4.69, 9.17) is 9.15 Å². The van der Waals surface area contributed by atoms with E-state index in [1.807, 2.05) is 66.9 Å². The van der Waals surface area contributed by atoms with Gasteiger partial charge in [0.2, 0.25) is 11.8 Å². The number of oxazole rings is 1. The van der Waals surface area contributed by atoms with Crippen molar-refractivity contribution in [1.82, 2.24) is 9.97 Å². The summed E-state index contributed by atoms with van der Waals surface area (Å²) in [5.74, 6) is 1.15. The molecule has 5 rings (SSSR count). The smallest absolute Gasteiger partial charge is 0.228 e. The summed E-state index contributed by atoms with van der Waals surface area (Å²) < 4.78 is 11.2. The number of amides is 1. The molecule has 0 aliphatic heterocycles. The number of benzene rings is 3. The molecule has 2 heterocycles. The van der Waals surface area contributed by atoms with Gasteiger partial charge in [-0.1, -0.05) is 24.3 Å². The van der Waals surface area contributed by atoms with Gasteiger partial charge in [-0.15, -0.1) is 0 Å². The van der Waals surface area contributed by atoms with Gasteiger partial charge in [0.25, 0.3) is 0 Å². The number of ether oxygens (including phenoxy) is 1. The topological polar surface area (TPSA) is 80.1 Å². The summed E-state index contributed by atoms with van der Waals surface area (Å²) in [5.41, 5.74) is 4.81. The second kappa shape index (κ2) is 7.40. The van der Waals surface area contributed by atoms with E-state index in [0.29, 0.717) is 17.2 Å². The number of aromatic amines is 1. The first-order chi connectivity index (χ1) is 14.7. The third-order valence-electron chi connectivity index (χ3n) is 5.01. The maximum atomic E-state index is 12.6. The number of para-hydroxylation sites is 1. The molecule has 0 spiro atoms. The van der Waals surface area contributed by atoms with Crippen molar-refractivity contribution in [3.8, 4) is 17.2 Å². The Morgan fingerprint density at radius 2 is 2.00 bits per heavy atom. The summed E-state index contributed by atoms with van der Waals surface area (Å²) in [4.78, 5) is 20.3. The van der Waals surface area contributed by atoms with Crippen LogP contribution in [-0.4, -0.2) is 23.0 Å². The molecule has 5 aromatic rings. The first-order valence-corrected chi connectivity index (χ1v) is 9.59. The highest BCUT2D eigenvalue weighted by Crippen LogP contribution is 2.28. The van der Waals surface area contributed by atoms with E-state index < -0.39 is 0 Å². The highest BCUT2D eigenvalue weighted by molar-refractivity contribution is 5.97. The van der Waals surface area contributed by atoms with E-state index >= 15 is 0 Å². The third kappa shape index (κ3) is 3.39. The lowest BCUT2D eigenvalue weighted by Gasteiger charge is -2.04. The van der Waals surface area contributed by atoms with Gasteiger partial charge in [-0.2, -0.15) is 0 Å². The van der Waals surface area contributed by atoms with E-state index in [1.165, 1.54) is 0 Å². The molecule has 0 aliphatic rings. The Morgan fingerprint density at radius 3 is 2.90 bits per heavy atom. The van der Waals surface area contributed by atoms with Gasteiger partial charge in [0.1, 0.15) is 11.3 Å². The van der Waals surface area contributed by atoms with Gasteiger partial charge >= 0.3 is 0 Å². The Labute approximate surface area is 172 Å². The summed E-state index contributed by atoms with van der Waals surface area (Å²) in [6, 6.07) is 20.9. The number of hydrogen-bond donors (Lipinski definition) is 2. The van der Waals surface area contributed by atoms with Crippen LogP contribution in [0.15, 0.2) is 77.3 Å². The molecule has 2 N–H and O–H groups in total. The van der Waals surface area contributed by atoms with Crippen LogP contribution >= 0.6 is 0 Å². The molecule has 0 fully saturated rings. The predicted molar refractivity (Wildman–Crippen MR) is 117 cm³/mol. The lowest BCUT2D eigenvalue weighted by Crippen LogP contribution is -2.14. The molecule has 0 saturated carbocycles. The Morgan fingerprint density at radius 1 is 1.10 bits per heavy atom. The maximum absolute atomic E-state index is 12.6. The Bertz CT molecular complexity index is 1370. The van der Waals surface area contributed by atoms with Crippen molar-refractivity contribution in [2.45, 2.75) is 6.42 Å². The Hall–Kier alpha value is -4.06. The average molecular weight is 397 g/mol. The van der Waals surface area contributed by atoms with Crippen LogP contribution in [0.4, 0.5) is 5.69 Å². The number of fused-ring (bicyclic) bond motifs is 2. The van der Waals surface area contributed by atoms with Gasteiger partial charge in [0, 0.05) is 34.4 Å². The van der Waals surface area contributed by atoms with Crippen molar-refractivity contribution in [1.29, 1.82) is 0 Å². The first kappa shape index (κ1) is 18.0. The largest absolute Gasteiger partial charge is 0.497 e. The van der Waals surface area contributed by atoms with E-state index in [-0.39, 0.29) is 12.3 Å². The van der Waals surface area contributed by atoms with Crippen molar-refractivity contribution in [2.75, 3.05) is 12.4 Å². The fourth-order valence-corrected chi connectivity index (χ4v) is 3.54. The molecular formula is C24H19N3O3. The number of nitrogens with zero attached hydrogens (tertiary/aromatic N) is 1. The van der Waals surface area contributed by atoms with Gasteiger partial charge in [-0.25, -0.2) is 4.98 Å². The molecule has 1 amide bonds. The summed E-state index contributed by atoms with van der Waals surface area (Å²) in [6.07, 6.45) is 2.16. The first-order valence-electron chi connectivity index (χ1n) is 9.59. The van der Waals surface area contributed by atoms with Gasteiger partial charge < -0.3 is 19.5 Å². The fourth-order valence-electron chi connectivity index (χ4n) is 3.54. The molecule has 30 heavy (non-hydrogen) atoms. The number of anilines is 1. The lowest BCUT2D eigenvalue weighted by molar-refractivity contribution is -0.115. The zero-order chi connectivity index (χ0) is 20.5. The van der Waals surface area contributed by atoms with Crippen LogP contribution in [0.1, 0.15) is 5.56 Å². The standard InChI is InChI=1S/C24H19N3O3/c1-29-18-6-4-5-15(11-18)24-27-21-10-9-17(13-22(21)30-24)26-23(28)12-16-14-25-20-8-3-2-7-19(16)20/h2-11,13-14,25H,12H2,1H3,(H,26,28). The minimum atomic E-state index is -0.0911. The van der Waals surface area contributed by atoms with Crippen LogP contribution in [0.3, 0.4) is 0 Å². The number of hydrogen-bond acceptors (Lipinski definition) is 4. The molecule has 0 atom stereocenters. The molecule has 0 radical (unpaired) electrons. The molecule has 6 heteroatoms. The summed E-state index contributed by atoms with van der Waals surface area (Å²) in [6.45, 7) is 0. The number of rotatable bonds is 5. The lowest BCUT2D eigenvalue weighted by atomic mass is 10.1. The SMILES string of the molecule is COc1cccc(-c2nc3ccc(NC(=O)Cc4c[nH]c5ccccc45)cc3o2)c1. The molecule has 148 valence electrons. The van der Waals surface area contributed by atoms with E-state index in [1.54, 1.807) is 13.2 Å². The zero-order valence-corrected chi connectivity index (χ0v) is 16.3. The van der Waals surface area contributed by atoms with E-state index in [9.17, 15) is 4.79 Å². The highest BCUT2D eigenvalue weighted by Gasteiger charge is 2.12. The number of H-pyrrole nitrogens is 1. The number of methoxy groups -OCH3 is 1. The molecule has 0 unspecified atom stereocenters. The maximum Gasteiger partial charge on any atom is 0.228 e. The monoisotopic (exact) mass is 397 g/mol. The second-order valence-corrected chi connectivity index (χ2v) is 7.02. The summed E-state index contributed by atoms with van der Waals surface area (Å²) in [5, 5.41) is 4.00. The van der Waals surface area contributed by atoms with Crippen LogP contribution in [0, 0.1) is 0 Å². The normalized spacial score (nSPS) is 11.1. The summed E-state index contributed by atoms with van der Waals surface area (Å²) >= 11 is 0. The van der Waals surface area contributed by atoms with Gasteiger partial charge in [-0.05, 0) is 42.0 Å². The fraction of sp³-hybridized carbons (Fsp3) is 0.0833. The molecule has 0 aliphatic carbocycles. The van der Waals surface area contributed by atoms with Crippen LogP contribution in [0.25, 0.3) is 33.5 Å². The minimum Gasteiger partial charge on any atom is -0.497 e. The van der Waals surface area contributed by atoms with Gasteiger partial charge in [0.05, 0.1) is 13.5 Å². The number of aromatic nitrogens is 2. The van der Waals surface area contributed by atoms with Gasteiger partial charge in [-0.3, -0.25) is 4.79 Å². The molecule has 0 saturated heterocycles. The van der Waals surface area contributed by atoms with Crippen molar-refractivity contribution in [2.24, 2.45) is 0 Å². The molecule has 3 aromatic carbocycles. The summed E-state index contributed by atoms with van der Waals surface area (Å²) in [7, 11) is 1.62. The predicted octanol–water partition coefficient (Wildman–Crippen LogP) is 5.17. The van der Waals surface area contributed by atoms with Crippen LogP contribution in [-0.2, 0) is 11.2 Å². The number of carbonyl (C=O) groups excluding carboxylic acids is 1. The molecular weight excluding hydrogens is 378 g/mol. The van der Waals surface area contributed by atoms with Gasteiger partial charge in [0.15, 0.2) is 5.58 Å². The zero-order valence-electron chi connectivity index (χ0n) is 16.3. The highest BCUT2D eigenvalue weighted by atomic mass is 16.5. The molecule has 0 bridgehead atoms. The van der Waals surface area contributed by atoms with E-state index in [2.05, 4.69) is 15.3 Å². The van der Waals surface area contributed by atoms with Crippen molar-refractivity contribution >= 4 is 33.6 Å². The quantitative estimate of drug-likeness (QED) is 0.429. The minimum absolute atomic E-state index is 0.0911. The average Bonchev–Trinajstić information content (AvgIpc) is 3.38. The third-order valence-corrected chi connectivity index (χ3v) is 5.01. The van der Waals surface area contributed by atoms with Crippen LogP contribution in [0.5, 0.6) is 5.75 Å². The van der Waals surface area contributed by atoms with Crippen LogP contribution < -0.4 is 10.1 Å². The molecule has 6 nitrogen and oxygen atoms in total. The Kier molecular flexibility index (Phi) is 4.44. The Balaban J connectivity index is 1.36. The van der Waals surface area contributed by atoms with Crippen LogP contribution in [0.2, 0.25) is 0 Å². The van der Waals surface area contributed by atoms with E-state index in [0.717, 1.165) is 33.3 Å².